The number of hydrogen-bond donors (Lipinski definition) is 1. The Labute approximate surface area is 145 Å². The Kier molecular flexibility index (Phi) is 5.29. The number of carbonyl (C=O) groups is 1. The molecule has 0 saturated heterocycles. The van der Waals surface area contributed by atoms with E-state index in [9.17, 15) is 4.79 Å². The molecule has 2 aromatic rings. The molecule has 3 rings (SSSR count). The molecule has 0 atom stereocenters. The number of ether oxygens (including phenoxy) is 2. The number of nitriles is 1. The van der Waals surface area contributed by atoms with E-state index < -0.39 is 5.97 Å². The first-order valence-electron chi connectivity index (χ1n) is 8.46. The molecule has 1 aliphatic rings. The quantitative estimate of drug-likeness (QED) is 0.840. The number of hydrogen-bond acceptors (Lipinski definition) is 6. The molecule has 7 heteroatoms. The first kappa shape index (κ1) is 17.0. The average molecular weight is 340 g/mol. The summed E-state index contributed by atoms with van der Waals surface area (Å²) in [5.74, 6) is 0.170. The zero-order valence-electron chi connectivity index (χ0n) is 14.1. The van der Waals surface area contributed by atoms with Crippen LogP contribution in [-0.2, 0) is 4.74 Å². The molecule has 7 nitrogen and oxygen atoms in total. The van der Waals surface area contributed by atoms with Gasteiger partial charge in [-0.1, -0.05) is 22.4 Å². The highest BCUT2D eigenvalue weighted by Gasteiger charge is 2.26. The Morgan fingerprint density at radius 1 is 1.28 bits per heavy atom. The second-order valence-electron chi connectivity index (χ2n) is 6.04. The first-order chi connectivity index (χ1) is 12.2. The molecular formula is C18H20N4O3. The Morgan fingerprint density at radius 2 is 2.00 bits per heavy atom. The Bertz CT molecular complexity index is 755. The SMILES string of the molecule is CCOC(=O)c1[nH]nnc1OC1CCC(c2ccc(C#N)cc2)CC1. The number of H-pyrrole nitrogens is 1. The van der Waals surface area contributed by atoms with Crippen molar-refractivity contribution < 1.29 is 14.3 Å². The van der Waals surface area contributed by atoms with Crippen LogP contribution in [0.5, 0.6) is 5.88 Å². The molecule has 0 unspecified atom stereocenters. The van der Waals surface area contributed by atoms with Gasteiger partial charge in [-0.05, 0) is 56.2 Å². The van der Waals surface area contributed by atoms with Crippen molar-refractivity contribution in [3.8, 4) is 11.9 Å². The highest BCUT2D eigenvalue weighted by atomic mass is 16.5. The van der Waals surface area contributed by atoms with Gasteiger partial charge in [0.15, 0.2) is 0 Å². The second-order valence-corrected chi connectivity index (χ2v) is 6.04. The topological polar surface area (TPSA) is 101 Å². The van der Waals surface area contributed by atoms with E-state index in [4.69, 9.17) is 14.7 Å². The smallest absolute Gasteiger partial charge is 0.362 e. The van der Waals surface area contributed by atoms with Crippen molar-refractivity contribution in [2.45, 2.75) is 44.6 Å². The number of nitrogens with zero attached hydrogens (tertiary/aromatic N) is 3. The first-order valence-corrected chi connectivity index (χ1v) is 8.46. The van der Waals surface area contributed by atoms with Crippen molar-refractivity contribution in [1.29, 1.82) is 5.26 Å². The van der Waals surface area contributed by atoms with E-state index in [2.05, 4.69) is 21.5 Å². The van der Waals surface area contributed by atoms with Gasteiger partial charge in [0.2, 0.25) is 5.69 Å². The van der Waals surface area contributed by atoms with Gasteiger partial charge >= 0.3 is 5.97 Å². The monoisotopic (exact) mass is 340 g/mol. The predicted molar refractivity (Wildman–Crippen MR) is 89.1 cm³/mol. The van der Waals surface area contributed by atoms with Crippen molar-refractivity contribution in [3.05, 3.63) is 41.1 Å². The summed E-state index contributed by atoms with van der Waals surface area (Å²) in [4.78, 5) is 11.8. The van der Waals surface area contributed by atoms with Gasteiger partial charge in [-0.2, -0.15) is 5.26 Å². The van der Waals surface area contributed by atoms with E-state index in [-0.39, 0.29) is 24.3 Å². The third kappa shape index (κ3) is 3.97. The number of nitrogens with one attached hydrogen (secondary N) is 1. The fourth-order valence-electron chi connectivity index (χ4n) is 3.14. The summed E-state index contributed by atoms with van der Waals surface area (Å²) in [7, 11) is 0. The van der Waals surface area contributed by atoms with E-state index in [1.54, 1.807) is 6.92 Å². The van der Waals surface area contributed by atoms with Crippen LogP contribution in [0.2, 0.25) is 0 Å². The minimum atomic E-state index is -0.506. The highest BCUT2D eigenvalue weighted by molar-refractivity contribution is 5.89. The molecule has 1 N–H and O–H groups in total. The number of rotatable bonds is 5. The number of carbonyl (C=O) groups excluding carboxylic acids is 1. The second kappa shape index (κ2) is 7.79. The van der Waals surface area contributed by atoms with Crippen LogP contribution in [0, 0.1) is 11.3 Å². The third-order valence-corrected chi connectivity index (χ3v) is 4.46. The maximum absolute atomic E-state index is 11.8. The molecule has 0 amide bonds. The predicted octanol–water partition coefficient (Wildman–Crippen LogP) is 2.96. The average Bonchev–Trinajstić information content (AvgIpc) is 3.11. The largest absolute Gasteiger partial charge is 0.472 e. The van der Waals surface area contributed by atoms with Crippen molar-refractivity contribution in [3.63, 3.8) is 0 Å². The fraction of sp³-hybridized carbons (Fsp3) is 0.444. The third-order valence-electron chi connectivity index (χ3n) is 4.46. The van der Waals surface area contributed by atoms with Gasteiger partial charge < -0.3 is 9.47 Å². The molecule has 1 aliphatic carbocycles. The van der Waals surface area contributed by atoms with E-state index in [0.717, 1.165) is 25.7 Å². The maximum Gasteiger partial charge on any atom is 0.362 e. The van der Waals surface area contributed by atoms with Crippen LogP contribution in [-0.4, -0.2) is 34.1 Å². The zero-order chi connectivity index (χ0) is 17.6. The molecule has 25 heavy (non-hydrogen) atoms. The summed E-state index contributed by atoms with van der Waals surface area (Å²) in [5.41, 5.74) is 2.10. The number of esters is 1. The van der Waals surface area contributed by atoms with Crippen LogP contribution < -0.4 is 4.74 Å². The van der Waals surface area contributed by atoms with Crippen molar-refractivity contribution in [2.75, 3.05) is 6.61 Å². The van der Waals surface area contributed by atoms with Gasteiger partial charge in [0, 0.05) is 0 Å². The lowest BCUT2D eigenvalue weighted by molar-refractivity contribution is 0.0508. The number of aromatic nitrogens is 3. The molecular weight excluding hydrogens is 320 g/mol. The van der Waals surface area contributed by atoms with Gasteiger partial charge in [-0.3, -0.25) is 0 Å². The van der Waals surface area contributed by atoms with Crippen LogP contribution >= 0.6 is 0 Å². The Hall–Kier alpha value is -2.88. The summed E-state index contributed by atoms with van der Waals surface area (Å²) in [6, 6.07) is 9.92. The van der Waals surface area contributed by atoms with Gasteiger partial charge in [0.25, 0.3) is 5.88 Å². The van der Waals surface area contributed by atoms with E-state index in [0.29, 0.717) is 11.5 Å². The minimum absolute atomic E-state index is 0.00732. The molecule has 1 aromatic heterocycles. The molecule has 1 fully saturated rings. The fourth-order valence-corrected chi connectivity index (χ4v) is 3.14. The van der Waals surface area contributed by atoms with Crippen LogP contribution in [0.25, 0.3) is 0 Å². The molecule has 0 radical (unpaired) electrons. The lowest BCUT2D eigenvalue weighted by Crippen LogP contribution is -2.24. The van der Waals surface area contributed by atoms with Crippen LogP contribution in [0.1, 0.15) is 60.1 Å². The van der Waals surface area contributed by atoms with Gasteiger partial charge in [-0.15, -0.1) is 0 Å². The molecule has 1 heterocycles. The Balaban J connectivity index is 1.57. The van der Waals surface area contributed by atoms with Gasteiger partial charge in [-0.25, -0.2) is 9.89 Å². The lowest BCUT2D eigenvalue weighted by atomic mass is 9.82. The summed E-state index contributed by atoms with van der Waals surface area (Å²) >= 11 is 0. The van der Waals surface area contributed by atoms with Crippen molar-refractivity contribution >= 4 is 5.97 Å². The molecule has 1 aromatic carbocycles. The highest BCUT2D eigenvalue weighted by Crippen LogP contribution is 2.34. The molecule has 0 aliphatic heterocycles. The molecule has 0 spiro atoms. The summed E-state index contributed by atoms with van der Waals surface area (Å²) in [5, 5.41) is 18.9. The Morgan fingerprint density at radius 3 is 2.64 bits per heavy atom. The maximum atomic E-state index is 11.8. The van der Waals surface area contributed by atoms with Crippen molar-refractivity contribution in [1.82, 2.24) is 15.4 Å². The van der Waals surface area contributed by atoms with Crippen LogP contribution in [0.4, 0.5) is 0 Å². The van der Waals surface area contributed by atoms with Crippen LogP contribution in [0.3, 0.4) is 0 Å². The summed E-state index contributed by atoms with van der Waals surface area (Å²) < 4.78 is 10.8. The summed E-state index contributed by atoms with van der Waals surface area (Å²) in [6.45, 7) is 2.03. The minimum Gasteiger partial charge on any atom is -0.472 e. The molecule has 130 valence electrons. The zero-order valence-corrected chi connectivity index (χ0v) is 14.1. The number of aromatic amines is 1. The summed E-state index contributed by atoms with van der Waals surface area (Å²) in [6.07, 6.45) is 3.74. The number of benzene rings is 1. The van der Waals surface area contributed by atoms with Crippen LogP contribution in [0.15, 0.2) is 24.3 Å². The lowest BCUT2D eigenvalue weighted by Gasteiger charge is -2.28. The van der Waals surface area contributed by atoms with E-state index in [1.165, 1.54) is 5.56 Å². The normalized spacial score (nSPS) is 19.8. The van der Waals surface area contributed by atoms with E-state index >= 15 is 0 Å². The standard InChI is InChI=1S/C18H20N4O3/c1-2-24-18(23)16-17(21-22-20-16)25-15-9-7-14(8-10-15)13-5-3-12(11-19)4-6-13/h3-6,14-15H,2,7-10H2,1H3,(H,20,21,22). The van der Waals surface area contributed by atoms with Crippen molar-refractivity contribution in [2.24, 2.45) is 0 Å². The van der Waals surface area contributed by atoms with Gasteiger partial charge in [0.05, 0.1) is 18.2 Å². The molecule has 1 saturated carbocycles. The van der Waals surface area contributed by atoms with E-state index in [1.807, 2.05) is 24.3 Å². The molecule has 0 bridgehead atoms. The van der Waals surface area contributed by atoms with Gasteiger partial charge in [0.1, 0.15) is 6.10 Å².